The third-order valence-electron chi connectivity index (χ3n) is 4.30. The molecule has 0 aliphatic carbocycles. The Kier molecular flexibility index (Phi) is 7.42. The minimum atomic E-state index is -0.117. The number of rotatable bonds is 9. The highest BCUT2D eigenvalue weighted by Gasteiger charge is 2.08. The van der Waals surface area contributed by atoms with E-state index in [9.17, 15) is 0 Å². The zero-order valence-electron chi connectivity index (χ0n) is 17.2. The lowest BCUT2D eigenvalue weighted by Gasteiger charge is -2.11. The van der Waals surface area contributed by atoms with E-state index >= 15 is 0 Å². The van der Waals surface area contributed by atoms with Crippen LogP contribution in [0.1, 0.15) is 29.7 Å². The monoisotopic (exact) mass is 405 g/mol. The molecule has 2 heterocycles. The molecule has 5 N–H and O–H groups in total. The van der Waals surface area contributed by atoms with Gasteiger partial charge in [-0.3, -0.25) is 9.82 Å². The fraction of sp³-hybridized carbons (Fsp3) is 0.273. The number of hydrogen-bond donors (Lipinski definition) is 3. The van der Waals surface area contributed by atoms with E-state index in [1.54, 1.807) is 6.20 Å². The van der Waals surface area contributed by atoms with Crippen LogP contribution in [0.5, 0.6) is 0 Å². The van der Waals surface area contributed by atoms with Crippen LogP contribution >= 0.6 is 0 Å². The molecule has 0 saturated carbocycles. The molecule has 0 saturated heterocycles. The van der Waals surface area contributed by atoms with Gasteiger partial charge in [-0.05, 0) is 50.3 Å². The number of aromatic nitrogens is 3. The molecule has 8 heteroatoms. The first-order valence-electron chi connectivity index (χ1n) is 9.81. The zero-order valence-corrected chi connectivity index (χ0v) is 17.2. The molecule has 3 rings (SSSR count). The minimum absolute atomic E-state index is 0.0558. The first kappa shape index (κ1) is 21.4. The molecule has 0 spiro atoms. The molecule has 3 aromatic rings. The van der Waals surface area contributed by atoms with Crippen molar-refractivity contribution in [3.8, 4) is 0 Å². The lowest BCUT2D eigenvalue weighted by atomic mass is 10.1. The lowest BCUT2D eigenvalue weighted by molar-refractivity contribution is 0.0356. The van der Waals surface area contributed by atoms with E-state index in [2.05, 4.69) is 39.5 Å². The van der Waals surface area contributed by atoms with Gasteiger partial charge >= 0.3 is 0 Å². The van der Waals surface area contributed by atoms with Gasteiger partial charge in [-0.15, -0.1) is 0 Å². The molecule has 0 bridgehead atoms. The number of nitrogens with zero attached hydrogens (tertiary/aromatic N) is 4. The second-order valence-electron chi connectivity index (χ2n) is 7.00. The highest BCUT2D eigenvalue weighted by atomic mass is 16.6. The molecule has 30 heavy (non-hydrogen) atoms. The molecule has 2 aromatic heterocycles. The van der Waals surface area contributed by atoms with Crippen LogP contribution in [-0.2, 0) is 11.3 Å². The molecule has 0 amide bonds. The fourth-order valence-electron chi connectivity index (χ4n) is 2.94. The lowest BCUT2D eigenvalue weighted by Crippen LogP contribution is -2.28. The number of nitrogens with two attached hydrogens (primary N) is 2. The third kappa shape index (κ3) is 6.33. The molecule has 8 nitrogen and oxygen atoms in total. The molecule has 0 aliphatic heterocycles. The van der Waals surface area contributed by atoms with Crippen LogP contribution in [-0.4, -0.2) is 40.1 Å². The Bertz CT molecular complexity index is 1030. The Morgan fingerprint density at radius 1 is 1.20 bits per heavy atom. The van der Waals surface area contributed by atoms with Crippen LogP contribution in [0.15, 0.2) is 47.6 Å². The number of nitrogens with one attached hydrogen (secondary N) is 1. The van der Waals surface area contributed by atoms with Gasteiger partial charge in [-0.1, -0.05) is 17.7 Å². The maximum Gasteiger partial charge on any atom is 0.186 e. The summed E-state index contributed by atoms with van der Waals surface area (Å²) in [6.07, 6.45) is 6.23. The Hall–Kier alpha value is -3.36. The molecule has 0 radical (unpaired) electrons. The smallest absolute Gasteiger partial charge is 0.186 e. The van der Waals surface area contributed by atoms with Gasteiger partial charge in [0.1, 0.15) is 0 Å². The van der Waals surface area contributed by atoms with Crippen LogP contribution in [0.3, 0.4) is 0 Å². The predicted octanol–water partition coefficient (Wildman–Crippen LogP) is 2.23. The number of hydrogen-bond acceptors (Lipinski definition) is 6. The standard InChI is InChI=1S/C22H27N7O/c1-15-6-8-19-18(13-15)20(10-12-26-30-14-16(2)27-22(23)24)29-21(28-19)9-7-17-5-3-4-11-25-17/h3-9,11,13,16,26H,10,12,14H2,1-2H3,(H4,23,24,27). The van der Waals surface area contributed by atoms with Crippen molar-refractivity contribution < 1.29 is 4.84 Å². The first-order chi connectivity index (χ1) is 14.5. The topological polar surface area (TPSA) is 124 Å². The Morgan fingerprint density at radius 3 is 2.83 bits per heavy atom. The summed E-state index contributed by atoms with van der Waals surface area (Å²) in [7, 11) is 0. The Balaban J connectivity index is 1.71. The van der Waals surface area contributed by atoms with E-state index in [-0.39, 0.29) is 12.0 Å². The molecule has 1 atom stereocenters. The summed E-state index contributed by atoms with van der Waals surface area (Å²) in [5.74, 6) is 0.703. The molecular weight excluding hydrogens is 378 g/mol. The summed E-state index contributed by atoms with van der Waals surface area (Å²) in [5, 5.41) is 1.04. The van der Waals surface area contributed by atoms with Crippen LogP contribution < -0.4 is 16.9 Å². The van der Waals surface area contributed by atoms with Gasteiger partial charge in [0.15, 0.2) is 11.8 Å². The predicted molar refractivity (Wildman–Crippen MR) is 120 cm³/mol. The van der Waals surface area contributed by atoms with Gasteiger partial charge in [-0.25, -0.2) is 20.4 Å². The number of aliphatic imine (C=N–C) groups is 1. The molecule has 156 valence electrons. The van der Waals surface area contributed by atoms with Crippen LogP contribution in [0.2, 0.25) is 0 Å². The first-order valence-corrected chi connectivity index (χ1v) is 9.81. The zero-order chi connectivity index (χ0) is 21.3. The average Bonchev–Trinajstić information content (AvgIpc) is 2.72. The molecule has 0 aliphatic rings. The van der Waals surface area contributed by atoms with E-state index in [1.807, 2.05) is 43.3 Å². The van der Waals surface area contributed by atoms with Crippen molar-refractivity contribution in [2.24, 2.45) is 16.5 Å². The molecule has 1 unspecified atom stereocenters. The molecule has 0 fully saturated rings. The quantitative estimate of drug-likeness (QED) is 0.216. The minimum Gasteiger partial charge on any atom is -0.370 e. The number of benzene rings is 1. The normalized spacial score (nSPS) is 12.3. The van der Waals surface area contributed by atoms with Gasteiger partial charge in [0.05, 0.1) is 29.6 Å². The van der Waals surface area contributed by atoms with Crippen molar-refractivity contribution in [2.75, 3.05) is 13.2 Å². The van der Waals surface area contributed by atoms with Crippen molar-refractivity contribution in [3.63, 3.8) is 0 Å². The van der Waals surface area contributed by atoms with Crippen molar-refractivity contribution in [2.45, 2.75) is 26.3 Å². The Morgan fingerprint density at radius 2 is 2.07 bits per heavy atom. The summed E-state index contributed by atoms with van der Waals surface area (Å²) >= 11 is 0. The number of fused-ring (bicyclic) bond motifs is 1. The fourth-order valence-corrected chi connectivity index (χ4v) is 2.94. The van der Waals surface area contributed by atoms with E-state index in [1.165, 1.54) is 5.56 Å². The number of pyridine rings is 1. The molecular formula is C22H27N7O. The van der Waals surface area contributed by atoms with Crippen molar-refractivity contribution in [3.05, 3.63) is 65.4 Å². The summed E-state index contributed by atoms with van der Waals surface area (Å²) < 4.78 is 0. The average molecular weight is 406 g/mol. The number of aryl methyl sites for hydroxylation is 1. The van der Waals surface area contributed by atoms with Crippen LogP contribution in [0.25, 0.3) is 23.1 Å². The van der Waals surface area contributed by atoms with Gasteiger partial charge < -0.3 is 11.5 Å². The molecule has 1 aromatic carbocycles. The van der Waals surface area contributed by atoms with Crippen LogP contribution in [0, 0.1) is 6.92 Å². The van der Waals surface area contributed by atoms with E-state index in [0.717, 1.165) is 22.3 Å². The van der Waals surface area contributed by atoms with Gasteiger partial charge in [0.25, 0.3) is 0 Å². The highest BCUT2D eigenvalue weighted by molar-refractivity contribution is 5.83. The van der Waals surface area contributed by atoms with Crippen molar-refractivity contribution in [1.29, 1.82) is 0 Å². The van der Waals surface area contributed by atoms with Crippen LogP contribution in [0.4, 0.5) is 0 Å². The van der Waals surface area contributed by atoms with E-state index in [4.69, 9.17) is 21.3 Å². The van der Waals surface area contributed by atoms with Gasteiger partial charge in [0, 0.05) is 24.5 Å². The largest absolute Gasteiger partial charge is 0.370 e. The van der Waals surface area contributed by atoms with Crippen molar-refractivity contribution >= 4 is 29.0 Å². The number of hydroxylamine groups is 1. The second kappa shape index (κ2) is 10.4. The van der Waals surface area contributed by atoms with Gasteiger partial charge in [0.2, 0.25) is 0 Å². The summed E-state index contributed by atoms with van der Waals surface area (Å²) in [5.41, 5.74) is 17.6. The summed E-state index contributed by atoms with van der Waals surface area (Å²) in [6.45, 7) is 4.91. The highest BCUT2D eigenvalue weighted by Crippen LogP contribution is 2.19. The maximum atomic E-state index is 5.46. The SMILES string of the molecule is Cc1ccc2nc(C=Cc3ccccn3)nc(CCNOCC(C)N=C(N)N)c2c1. The summed E-state index contributed by atoms with van der Waals surface area (Å²) in [4.78, 5) is 23.2. The summed E-state index contributed by atoms with van der Waals surface area (Å²) in [6, 6.07) is 11.8. The van der Waals surface area contributed by atoms with Crippen molar-refractivity contribution in [1.82, 2.24) is 20.4 Å². The van der Waals surface area contributed by atoms with E-state index in [0.29, 0.717) is 25.4 Å². The maximum absolute atomic E-state index is 5.46. The van der Waals surface area contributed by atoms with Gasteiger partial charge in [-0.2, -0.15) is 0 Å². The number of guanidine groups is 1. The van der Waals surface area contributed by atoms with E-state index < -0.39 is 0 Å². The third-order valence-corrected chi connectivity index (χ3v) is 4.30. The second-order valence-corrected chi connectivity index (χ2v) is 7.00. The Labute approximate surface area is 176 Å².